The van der Waals surface area contributed by atoms with E-state index in [0.29, 0.717) is 11.7 Å². The Morgan fingerprint density at radius 3 is 2.95 bits per heavy atom. The third-order valence-electron chi connectivity index (χ3n) is 3.68. The molecule has 1 saturated heterocycles. The van der Waals surface area contributed by atoms with Crippen molar-refractivity contribution < 1.29 is 4.52 Å². The minimum Gasteiger partial charge on any atom is -0.339 e. The molecule has 22 heavy (non-hydrogen) atoms. The minimum atomic E-state index is 0.335. The van der Waals surface area contributed by atoms with Crippen molar-refractivity contribution in [2.45, 2.75) is 12.5 Å². The van der Waals surface area contributed by atoms with Crippen LogP contribution in [0.3, 0.4) is 0 Å². The number of aromatic nitrogens is 3. The summed E-state index contributed by atoms with van der Waals surface area (Å²) in [6.07, 6.45) is 3.48. The molecule has 5 nitrogen and oxygen atoms in total. The molecule has 0 saturated carbocycles. The predicted molar refractivity (Wildman–Crippen MR) is 87.6 cm³/mol. The molecule has 0 N–H and O–H groups in total. The molecular formula is C15H13BrN4OS. The highest BCUT2D eigenvalue weighted by Crippen LogP contribution is 2.30. The average Bonchev–Trinajstić information content (AvgIpc) is 3.12. The molecule has 1 fully saturated rings. The first-order chi connectivity index (χ1) is 10.8. The van der Waals surface area contributed by atoms with Crippen molar-refractivity contribution in [3.63, 3.8) is 0 Å². The Morgan fingerprint density at radius 1 is 1.32 bits per heavy atom. The van der Waals surface area contributed by atoms with Crippen molar-refractivity contribution in [1.82, 2.24) is 20.0 Å². The van der Waals surface area contributed by atoms with Crippen molar-refractivity contribution in [1.29, 1.82) is 0 Å². The quantitative estimate of drug-likeness (QED) is 0.696. The lowest BCUT2D eigenvalue weighted by atomic mass is 10.0. The first kappa shape index (κ1) is 14.0. The van der Waals surface area contributed by atoms with Gasteiger partial charge in [-0.3, -0.25) is 9.88 Å². The van der Waals surface area contributed by atoms with Gasteiger partial charge in [0.2, 0.25) is 11.7 Å². The van der Waals surface area contributed by atoms with Crippen LogP contribution in [0.15, 0.2) is 45.0 Å². The highest BCUT2D eigenvalue weighted by molar-refractivity contribution is 9.11. The summed E-state index contributed by atoms with van der Waals surface area (Å²) in [5, 5.41) is 4.05. The van der Waals surface area contributed by atoms with E-state index >= 15 is 0 Å². The standard InChI is InChI=1S/C15H13BrN4OS/c16-13-4-3-12(22-13)9-20-7-11(8-20)15-18-14(19-21-15)10-2-1-5-17-6-10/h1-6,11H,7-9H2. The van der Waals surface area contributed by atoms with Crippen LogP contribution in [0.5, 0.6) is 0 Å². The van der Waals surface area contributed by atoms with Gasteiger partial charge in [-0.15, -0.1) is 11.3 Å². The molecule has 1 aliphatic rings. The lowest BCUT2D eigenvalue weighted by Crippen LogP contribution is -2.44. The largest absolute Gasteiger partial charge is 0.339 e. The maximum Gasteiger partial charge on any atom is 0.232 e. The Morgan fingerprint density at radius 2 is 2.23 bits per heavy atom. The Hall–Kier alpha value is -1.57. The second-order valence-corrected chi connectivity index (χ2v) is 7.84. The van der Waals surface area contributed by atoms with Crippen molar-refractivity contribution >= 4 is 27.3 Å². The number of hydrogen-bond donors (Lipinski definition) is 0. The number of hydrogen-bond acceptors (Lipinski definition) is 6. The van der Waals surface area contributed by atoms with Crippen molar-refractivity contribution in [3.05, 3.63) is 51.2 Å². The molecule has 7 heteroatoms. The van der Waals surface area contributed by atoms with Gasteiger partial charge >= 0.3 is 0 Å². The summed E-state index contributed by atoms with van der Waals surface area (Å²) in [5.41, 5.74) is 0.886. The van der Waals surface area contributed by atoms with E-state index in [9.17, 15) is 0 Å². The third kappa shape index (κ3) is 2.84. The number of pyridine rings is 1. The van der Waals surface area contributed by atoms with Gasteiger partial charge in [-0.2, -0.15) is 4.98 Å². The van der Waals surface area contributed by atoms with Crippen LogP contribution in [0.4, 0.5) is 0 Å². The molecule has 0 aromatic carbocycles. The van der Waals surface area contributed by atoms with E-state index in [4.69, 9.17) is 4.52 Å². The fourth-order valence-electron chi connectivity index (χ4n) is 2.53. The zero-order valence-electron chi connectivity index (χ0n) is 11.6. The summed E-state index contributed by atoms with van der Waals surface area (Å²) in [4.78, 5) is 12.3. The lowest BCUT2D eigenvalue weighted by molar-refractivity contribution is 0.118. The topological polar surface area (TPSA) is 55.1 Å². The second-order valence-electron chi connectivity index (χ2n) is 5.29. The van der Waals surface area contributed by atoms with Crippen LogP contribution in [0.25, 0.3) is 11.4 Å². The highest BCUT2D eigenvalue weighted by atomic mass is 79.9. The molecule has 4 rings (SSSR count). The summed E-state index contributed by atoms with van der Waals surface area (Å²) >= 11 is 5.28. The van der Waals surface area contributed by atoms with Gasteiger partial charge in [-0.05, 0) is 40.2 Å². The molecule has 0 bridgehead atoms. The normalized spacial score (nSPS) is 15.9. The van der Waals surface area contributed by atoms with Crippen molar-refractivity contribution in [2.24, 2.45) is 0 Å². The molecule has 112 valence electrons. The molecule has 4 heterocycles. The van der Waals surface area contributed by atoms with Crippen LogP contribution in [-0.4, -0.2) is 33.1 Å². The molecular weight excluding hydrogens is 364 g/mol. The van der Waals surface area contributed by atoms with E-state index in [0.717, 1.165) is 31.1 Å². The Kier molecular flexibility index (Phi) is 3.77. The fraction of sp³-hybridized carbons (Fsp3) is 0.267. The maximum atomic E-state index is 5.41. The van der Waals surface area contributed by atoms with Crippen molar-refractivity contribution in [3.8, 4) is 11.4 Å². The van der Waals surface area contributed by atoms with E-state index in [2.05, 4.69) is 48.1 Å². The Labute approximate surface area is 140 Å². The van der Waals surface area contributed by atoms with Crippen molar-refractivity contribution in [2.75, 3.05) is 13.1 Å². The van der Waals surface area contributed by atoms with E-state index in [1.807, 2.05) is 12.1 Å². The summed E-state index contributed by atoms with van der Waals surface area (Å²) in [6, 6.07) is 8.06. The summed E-state index contributed by atoms with van der Waals surface area (Å²) in [5.74, 6) is 1.67. The third-order valence-corrected chi connectivity index (χ3v) is 5.28. The first-order valence-corrected chi connectivity index (χ1v) is 8.59. The predicted octanol–water partition coefficient (Wildman–Crippen LogP) is 3.56. The van der Waals surface area contributed by atoms with Crippen LogP contribution >= 0.6 is 27.3 Å². The van der Waals surface area contributed by atoms with Gasteiger partial charge in [-0.25, -0.2) is 0 Å². The lowest BCUT2D eigenvalue weighted by Gasteiger charge is -2.36. The van der Waals surface area contributed by atoms with E-state index in [-0.39, 0.29) is 0 Å². The molecule has 0 spiro atoms. The minimum absolute atomic E-state index is 0.335. The maximum absolute atomic E-state index is 5.41. The van der Waals surface area contributed by atoms with Crippen LogP contribution in [0, 0.1) is 0 Å². The highest BCUT2D eigenvalue weighted by Gasteiger charge is 2.32. The monoisotopic (exact) mass is 376 g/mol. The Bertz CT molecular complexity index is 767. The van der Waals surface area contributed by atoms with Crippen LogP contribution < -0.4 is 0 Å². The molecule has 0 aliphatic carbocycles. The molecule has 0 amide bonds. The SMILES string of the molecule is Brc1ccc(CN2CC(c3nc(-c4cccnc4)no3)C2)s1. The average molecular weight is 377 g/mol. The molecule has 1 aliphatic heterocycles. The van der Waals surface area contributed by atoms with E-state index in [1.165, 1.54) is 8.66 Å². The van der Waals surface area contributed by atoms with Gasteiger partial charge in [0, 0.05) is 42.5 Å². The second kappa shape index (κ2) is 5.91. The van der Waals surface area contributed by atoms with Crippen LogP contribution in [0.2, 0.25) is 0 Å². The van der Waals surface area contributed by atoms with Gasteiger partial charge in [0.15, 0.2) is 0 Å². The first-order valence-electron chi connectivity index (χ1n) is 6.98. The van der Waals surface area contributed by atoms with E-state index < -0.39 is 0 Å². The smallest absolute Gasteiger partial charge is 0.232 e. The zero-order valence-corrected chi connectivity index (χ0v) is 14.0. The molecule has 3 aromatic rings. The van der Waals surface area contributed by atoms with Gasteiger partial charge < -0.3 is 4.52 Å². The molecule has 0 atom stereocenters. The number of halogens is 1. The number of likely N-dealkylation sites (tertiary alicyclic amines) is 1. The number of rotatable bonds is 4. The number of nitrogens with zero attached hydrogens (tertiary/aromatic N) is 4. The number of thiophene rings is 1. The van der Waals surface area contributed by atoms with Crippen LogP contribution in [-0.2, 0) is 6.54 Å². The van der Waals surface area contributed by atoms with Gasteiger partial charge in [0.05, 0.1) is 9.70 Å². The molecule has 0 radical (unpaired) electrons. The Balaban J connectivity index is 1.38. The fourth-order valence-corrected chi connectivity index (χ4v) is 4.05. The molecule has 3 aromatic heterocycles. The van der Waals surface area contributed by atoms with Gasteiger partial charge in [0.25, 0.3) is 0 Å². The summed E-state index contributed by atoms with van der Waals surface area (Å²) in [6.45, 7) is 2.91. The summed E-state index contributed by atoms with van der Waals surface area (Å²) in [7, 11) is 0. The van der Waals surface area contributed by atoms with E-state index in [1.54, 1.807) is 23.7 Å². The summed E-state index contributed by atoms with van der Waals surface area (Å²) < 4.78 is 6.58. The van der Waals surface area contributed by atoms with Gasteiger partial charge in [-0.1, -0.05) is 5.16 Å². The van der Waals surface area contributed by atoms with Gasteiger partial charge in [0.1, 0.15) is 0 Å². The molecule has 0 unspecified atom stereocenters. The van der Waals surface area contributed by atoms with Crippen LogP contribution in [0.1, 0.15) is 16.7 Å². The zero-order chi connectivity index (χ0) is 14.9.